The first-order valence-electron chi connectivity index (χ1n) is 11.9. The Kier molecular flexibility index (Phi) is 6.52. The lowest BCUT2D eigenvalue weighted by molar-refractivity contribution is 0.122. The van der Waals surface area contributed by atoms with Crippen LogP contribution in [0.25, 0.3) is 17.0 Å². The van der Waals surface area contributed by atoms with Crippen molar-refractivity contribution in [3.8, 4) is 17.1 Å². The predicted molar refractivity (Wildman–Crippen MR) is 138 cm³/mol. The van der Waals surface area contributed by atoms with Crippen LogP contribution in [-0.4, -0.2) is 75.3 Å². The zero-order chi connectivity index (χ0) is 24.4. The molecule has 0 radical (unpaired) electrons. The van der Waals surface area contributed by atoms with E-state index in [-0.39, 0.29) is 6.10 Å². The van der Waals surface area contributed by atoms with Gasteiger partial charge in [-0.25, -0.2) is 15.0 Å². The molecule has 2 N–H and O–H groups in total. The summed E-state index contributed by atoms with van der Waals surface area (Å²) in [4.78, 5) is 18.4. The van der Waals surface area contributed by atoms with Gasteiger partial charge in [-0.15, -0.1) is 0 Å². The van der Waals surface area contributed by atoms with Crippen molar-refractivity contribution in [1.82, 2.24) is 24.3 Å². The number of piperazine rings is 1. The van der Waals surface area contributed by atoms with Crippen LogP contribution in [-0.2, 0) is 0 Å². The number of hydrogen-bond donors (Lipinski definition) is 2. The summed E-state index contributed by atoms with van der Waals surface area (Å²) >= 11 is 0. The van der Waals surface area contributed by atoms with Crippen molar-refractivity contribution in [1.29, 1.82) is 0 Å². The molecule has 0 saturated carbocycles. The summed E-state index contributed by atoms with van der Waals surface area (Å²) in [6.07, 6.45) is 5.34. The lowest BCUT2D eigenvalue weighted by atomic mass is 10.2. The third-order valence-electron chi connectivity index (χ3n) is 6.32. The molecule has 4 heterocycles. The van der Waals surface area contributed by atoms with Crippen LogP contribution in [0.5, 0.6) is 5.75 Å². The minimum absolute atomic E-state index is 0.302. The van der Waals surface area contributed by atoms with E-state index in [4.69, 9.17) is 9.72 Å². The molecule has 9 heteroatoms. The standard InChI is InChI=1S/C26H31N7O2/c1-18-15-28-26(30-25(18)22-16-27-24-6-4-5-9-33(22)24)29-21-8-7-20(14-23(21)35-3)32-12-10-31(11-13-32)17-19(2)34/h4-9,14-16,19,34H,10-13,17H2,1-3H3,(H,28,29,30)/t19-/m0/s1. The molecule has 0 bridgehead atoms. The van der Waals surface area contributed by atoms with Crippen LogP contribution in [0.3, 0.4) is 0 Å². The van der Waals surface area contributed by atoms with Gasteiger partial charge < -0.3 is 20.1 Å². The second-order valence-corrected chi connectivity index (χ2v) is 8.94. The predicted octanol–water partition coefficient (Wildman–Crippen LogP) is 3.35. The Morgan fingerprint density at radius 2 is 1.91 bits per heavy atom. The number of benzene rings is 1. The summed E-state index contributed by atoms with van der Waals surface area (Å²) in [6.45, 7) is 8.22. The minimum atomic E-state index is -0.302. The maximum absolute atomic E-state index is 9.65. The number of aliphatic hydroxyl groups is 1. The first-order valence-corrected chi connectivity index (χ1v) is 11.9. The average molecular weight is 474 g/mol. The lowest BCUT2D eigenvalue weighted by Gasteiger charge is -2.36. The molecule has 0 aliphatic carbocycles. The topological polar surface area (TPSA) is 91.0 Å². The number of β-amino-alcohol motifs (C(OH)–C–C–N with tert-alkyl or cyclic N) is 1. The number of aromatic nitrogens is 4. The molecular weight excluding hydrogens is 442 g/mol. The maximum Gasteiger partial charge on any atom is 0.227 e. The van der Waals surface area contributed by atoms with Gasteiger partial charge in [0.1, 0.15) is 11.4 Å². The highest BCUT2D eigenvalue weighted by molar-refractivity contribution is 5.70. The third kappa shape index (κ3) is 4.91. The van der Waals surface area contributed by atoms with E-state index in [1.54, 1.807) is 7.11 Å². The molecule has 35 heavy (non-hydrogen) atoms. The van der Waals surface area contributed by atoms with Gasteiger partial charge in [-0.3, -0.25) is 9.30 Å². The number of fused-ring (bicyclic) bond motifs is 1. The molecular formula is C26H31N7O2. The molecule has 1 atom stereocenters. The van der Waals surface area contributed by atoms with Crippen molar-refractivity contribution in [2.24, 2.45) is 0 Å². The first kappa shape index (κ1) is 23.1. The van der Waals surface area contributed by atoms with Crippen LogP contribution < -0.4 is 15.0 Å². The summed E-state index contributed by atoms with van der Waals surface area (Å²) in [5.41, 5.74) is 5.50. The average Bonchev–Trinajstić information content (AvgIpc) is 3.29. The number of aliphatic hydroxyl groups excluding tert-OH is 1. The summed E-state index contributed by atoms with van der Waals surface area (Å²) < 4.78 is 7.73. The fraction of sp³-hybridized carbons (Fsp3) is 0.346. The van der Waals surface area contributed by atoms with Crippen molar-refractivity contribution < 1.29 is 9.84 Å². The number of imidazole rings is 1. The van der Waals surface area contributed by atoms with E-state index in [0.29, 0.717) is 12.5 Å². The van der Waals surface area contributed by atoms with Crippen LogP contribution in [0.2, 0.25) is 0 Å². The van der Waals surface area contributed by atoms with E-state index in [2.05, 4.69) is 31.2 Å². The van der Waals surface area contributed by atoms with E-state index in [0.717, 1.165) is 65.9 Å². The van der Waals surface area contributed by atoms with E-state index in [1.165, 1.54) is 0 Å². The fourth-order valence-corrected chi connectivity index (χ4v) is 4.53. The number of nitrogens with one attached hydrogen (secondary N) is 1. The maximum atomic E-state index is 9.65. The summed E-state index contributed by atoms with van der Waals surface area (Å²) in [5.74, 6) is 1.23. The van der Waals surface area contributed by atoms with Crippen LogP contribution in [0.1, 0.15) is 12.5 Å². The molecule has 0 amide bonds. The van der Waals surface area contributed by atoms with Crippen molar-refractivity contribution in [2.75, 3.05) is 50.1 Å². The van der Waals surface area contributed by atoms with E-state index >= 15 is 0 Å². The number of ether oxygens (including phenoxy) is 1. The number of hydrogen-bond acceptors (Lipinski definition) is 8. The van der Waals surface area contributed by atoms with E-state index in [9.17, 15) is 5.11 Å². The van der Waals surface area contributed by atoms with Gasteiger partial charge in [0.05, 0.1) is 36.5 Å². The fourth-order valence-electron chi connectivity index (χ4n) is 4.53. The molecule has 1 fully saturated rings. The van der Waals surface area contributed by atoms with Crippen LogP contribution in [0.4, 0.5) is 17.3 Å². The number of rotatable bonds is 7. The summed E-state index contributed by atoms with van der Waals surface area (Å²) in [7, 11) is 1.67. The molecule has 0 unspecified atom stereocenters. The number of anilines is 3. The second-order valence-electron chi connectivity index (χ2n) is 8.94. The highest BCUT2D eigenvalue weighted by Crippen LogP contribution is 2.32. The summed E-state index contributed by atoms with van der Waals surface area (Å²) in [5, 5.41) is 13.0. The van der Waals surface area contributed by atoms with Crippen LogP contribution in [0.15, 0.2) is 55.0 Å². The molecule has 1 saturated heterocycles. The Morgan fingerprint density at radius 3 is 2.69 bits per heavy atom. The molecule has 1 aliphatic rings. The van der Waals surface area contributed by atoms with Gasteiger partial charge in [0.15, 0.2) is 0 Å². The van der Waals surface area contributed by atoms with E-state index < -0.39 is 0 Å². The third-order valence-corrected chi connectivity index (χ3v) is 6.32. The van der Waals surface area contributed by atoms with Crippen molar-refractivity contribution >= 4 is 23.0 Å². The number of pyridine rings is 1. The number of aryl methyl sites for hydroxylation is 1. The molecule has 0 spiro atoms. The monoisotopic (exact) mass is 473 g/mol. The highest BCUT2D eigenvalue weighted by Gasteiger charge is 2.20. The van der Waals surface area contributed by atoms with Crippen LogP contribution >= 0.6 is 0 Å². The molecule has 9 nitrogen and oxygen atoms in total. The smallest absolute Gasteiger partial charge is 0.227 e. The van der Waals surface area contributed by atoms with Crippen molar-refractivity contribution in [3.63, 3.8) is 0 Å². The number of nitrogens with zero attached hydrogens (tertiary/aromatic N) is 6. The van der Waals surface area contributed by atoms with Gasteiger partial charge in [0.2, 0.25) is 5.95 Å². The van der Waals surface area contributed by atoms with Crippen molar-refractivity contribution in [2.45, 2.75) is 20.0 Å². The zero-order valence-corrected chi connectivity index (χ0v) is 20.3. The van der Waals surface area contributed by atoms with Gasteiger partial charge in [-0.1, -0.05) is 6.07 Å². The molecule has 182 valence electrons. The Morgan fingerprint density at radius 1 is 1.09 bits per heavy atom. The molecule has 3 aromatic heterocycles. The largest absolute Gasteiger partial charge is 0.494 e. The second kappa shape index (κ2) is 9.89. The SMILES string of the molecule is COc1cc(N2CCN(C[C@H](C)O)CC2)ccc1Nc1ncc(C)c(-c2cnc3ccccn23)n1. The van der Waals surface area contributed by atoms with Gasteiger partial charge in [-0.2, -0.15) is 0 Å². The highest BCUT2D eigenvalue weighted by atomic mass is 16.5. The van der Waals surface area contributed by atoms with Gasteiger partial charge in [-0.05, 0) is 43.7 Å². The molecule has 1 aliphatic heterocycles. The van der Waals surface area contributed by atoms with Crippen molar-refractivity contribution in [3.05, 3.63) is 60.6 Å². The Balaban J connectivity index is 1.36. The lowest BCUT2D eigenvalue weighted by Crippen LogP contribution is -2.48. The van der Waals surface area contributed by atoms with E-state index in [1.807, 2.05) is 67.2 Å². The normalized spacial score (nSPS) is 15.4. The molecule has 4 aromatic rings. The minimum Gasteiger partial charge on any atom is -0.494 e. The molecule has 5 rings (SSSR count). The quantitative estimate of drug-likeness (QED) is 0.422. The van der Waals surface area contributed by atoms with Crippen LogP contribution in [0, 0.1) is 6.92 Å². The Bertz CT molecular complexity index is 1310. The van der Waals surface area contributed by atoms with Gasteiger partial charge >= 0.3 is 0 Å². The number of methoxy groups -OCH3 is 1. The Hall–Kier alpha value is -3.69. The summed E-state index contributed by atoms with van der Waals surface area (Å²) in [6, 6.07) is 12.1. The molecule has 1 aromatic carbocycles. The van der Waals surface area contributed by atoms with Gasteiger partial charge in [0, 0.05) is 56.9 Å². The first-order chi connectivity index (χ1) is 17.0. The Labute approximate surface area is 205 Å². The van der Waals surface area contributed by atoms with Gasteiger partial charge in [0.25, 0.3) is 0 Å². The zero-order valence-electron chi connectivity index (χ0n) is 20.3.